The summed E-state index contributed by atoms with van der Waals surface area (Å²) in [5.41, 5.74) is 2.45. The molecule has 1 fully saturated rings. The van der Waals surface area contributed by atoms with Crippen LogP contribution in [-0.2, 0) is 11.3 Å². The molecule has 0 saturated heterocycles. The topological polar surface area (TPSA) is 64.0 Å². The van der Waals surface area contributed by atoms with E-state index in [1.165, 1.54) is 10.7 Å². The highest BCUT2D eigenvalue weighted by Gasteiger charge is 2.25. The van der Waals surface area contributed by atoms with E-state index < -0.39 is 0 Å². The Morgan fingerprint density at radius 3 is 2.86 bits per heavy atom. The number of carbonyl (C=O) groups excluding carboxylic acids is 1. The second kappa shape index (κ2) is 5.52. The van der Waals surface area contributed by atoms with E-state index in [2.05, 4.69) is 10.4 Å². The fourth-order valence-corrected chi connectivity index (χ4v) is 2.23. The van der Waals surface area contributed by atoms with Crippen molar-refractivity contribution in [3.05, 3.63) is 58.0 Å². The van der Waals surface area contributed by atoms with Crippen molar-refractivity contribution in [3.63, 3.8) is 0 Å². The van der Waals surface area contributed by atoms with Gasteiger partial charge in [0.25, 0.3) is 5.56 Å². The summed E-state index contributed by atoms with van der Waals surface area (Å²) in [6.07, 6.45) is 2.22. The van der Waals surface area contributed by atoms with Gasteiger partial charge in [0.2, 0.25) is 5.91 Å². The van der Waals surface area contributed by atoms with Crippen molar-refractivity contribution in [1.29, 1.82) is 0 Å². The third-order valence-electron chi connectivity index (χ3n) is 3.48. The van der Waals surface area contributed by atoms with Crippen LogP contribution in [0.15, 0.2) is 41.2 Å². The van der Waals surface area contributed by atoms with E-state index in [9.17, 15) is 9.59 Å². The van der Waals surface area contributed by atoms with Crippen molar-refractivity contribution in [3.8, 4) is 0 Å². The number of aromatic nitrogens is 2. The first-order valence-corrected chi connectivity index (χ1v) is 7.06. The lowest BCUT2D eigenvalue weighted by Gasteiger charge is -2.08. The van der Waals surface area contributed by atoms with Crippen LogP contribution in [0, 0.1) is 6.92 Å². The van der Waals surface area contributed by atoms with Crippen LogP contribution in [0.1, 0.15) is 30.0 Å². The van der Waals surface area contributed by atoms with Gasteiger partial charge in [-0.25, -0.2) is 4.68 Å². The number of nitrogens with one attached hydrogen (secondary N) is 1. The Labute approximate surface area is 122 Å². The number of hydrogen-bond acceptors (Lipinski definition) is 3. The molecule has 1 amide bonds. The Kier molecular flexibility index (Phi) is 3.56. The van der Waals surface area contributed by atoms with Gasteiger partial charge in [0, 0.05) is 17.7 Å². The lowest BCUT2D eigenvalue weighted by molar-refractivity contribution is -0.117. The maximum Gasteiger partial charge on any atom is 0.267 e. The largest absolute Gasteiger partial charge is 0.324 e. The Morgan fingerprint density at radius 1 is 1.33 bits per heavy atom. The molecule has 1 heterocycles. The second-order valence-electron chi connectivity index (χ2n) is 5.45. The van der Waals surface area contributed by atoms with Gasteiger partial charge in [-0.2, -0.15) is 5.10 Å². The lowest BCUT2D eigenvalue weighted by Crippen LogP contribution is -2.29. The minimum absolute atomic E-state index is 0.0622. The molecule has 0 radical (unpaired) electrons. The summed E-state index contributed by atoms with van der Waals surface area (Å²) < 4.78 is 1.23. The van der Waals surface area contributed by atoms with E-state index in [0.29, 0.717) is 5.92 Å². The quantitative estimate of drug-likeness (QED) is 0.934. The predicted molar refractivity (Wildman–Crippen MR) is 80.3 cm³/mol. The summed E-state index contributed by atoms with van der Waals surface area (Å²) in [5.74, 6) is 0.208. The van der Waals surface area contributed by atoms with Gasteiger partial charge in [0.15, 0.2) is 0 Å². The minimum atomic E-state index is -0.251. The number of nitrogens with zero attached hydrogens (tertiary/aromatic N) is 2. The monoisotopic (exact) mass is 283 g/mol. The summed E-state index contributed by atoms with van der Waals surface area (Å²) in [5, 5.41) is 7.06. The third-order valence-corrected chi connectivity index (χ3v) is 3.48. The molecule has 3 rings (SSSR count). The minimum Gasteiger partial charge on any atom is -0.324 e. The van der Waals surface area contributed by atoms with E-state index in [1.54, 1.807) is 6.07 Å². The zero-order chi connectivity index (χ0) is 14.8. The summed E-state index contributed by atoms with van der Waals surface area (Å²) in [6, 6.07) is 10.8. The van der Waals surface area contributed by atoms with Gasteiger partial charge >= 0.3 is 0 Å². The van der Waals surface area contributed by atoms with Gasteiger partial charge in [-0.05, 0) is 43.5 Å². The van der Waals surface area contributed by atoms with E-state index in [-0.39, 0.29) is 18.0 Å². The van der Waals surface area contributed by atoms with Crippen LogP contribution in [0.3, 0.4) is 0 Å². The average Bonchev–Trinajstić information content (AvgIpc) is 3.25. The number of anilines is 1. The molecule has 0 atom stereocenters. The standard InChI is InChI=1S/C16H17N3O2/c1-11-3-2-4-13(9-11)17-15(20)10-19-16(21)8-7-14(18-19)12-5-6-12/h2-4,7-9,12H,5-6,10H2,1H3,(H,17,20). The summed E-state index contributed by atoms with van der Waals surface area (Å²) in [4.78, 5) is 23.8. The summed E-state index contributed by atoms with van der Waals surface area (Å²) in [7, 11) is 0. The Hall–Kier alpha value is -2.43. The molecule has 5 nitrogen and oxygen atoms in total. The van der Waals surface area contributed by atoms with E-state index in [4.69, 9.17) is 0 Å². The average molecular weight is 283 g/mol. The molecule has 1 aromatic carbocycles. The maximum atomic E-state index is 12.0. The SMILES string of the molecule is Cc1cccc(NC(=O)Cn2nc(C3CC3)ccc2=O)c1. The number of carbonyl (C=O) groups is 1. The molecule has 0 unspecified atom stereocenters. The Morgan fingerprint density at radius 2 is 2.14 bits per heavy atom. The normalized spacial score (nSPS) is 14.0. The fourth-order valence-electron chi connectivity index (χ4n) is 2.23. The van der Waals surface area contributed by atoms with Crippen LogP contribution >= 0.6 is 0 Å². The Bertz CT molecular complexity index is 732. The van der Waals surface area contributed by atoms with Crippen LogP contribution in [0.25, 0.3) is 0 Å². The highest BCUT2D eigenvalue weighted by atomic mass is 16.2. The van der Waals surface area contributed by atoms with Crippen molar-refractivity contribution in [2.24, 2.45) is 0 Å². The highest BCUT2D eigenvalue weighted by molar-refractivity contribution is 5.90. The number of rotatable bonds is 4. The van der Waals surface area contributed by atoms with Crippen LogP contribution in [0.2, 0.25) is 0 Å². The van der Waals surface area contributed by atoms with Gasteiger partial charge in [-0.1, -0.05) is 12.1 Å². The summed E-state index contributed by atoms with van der Waals surface area (Å²) in [6.45, 7) is 1.90. The third kappa shape index (κ3) is 3.37. The van der Waals surface area contributed by atoms with Gasteiger partial charge in [-0.3, -0.25) is 9.59 Å². The zero-order valence-corrected chi connectivity index (χ0v) is 11.9. The number of amides is 1. The smallest absolute Gasteiger partial charge is 0.267 e. The predicted octanol–water partition coefficient (Wildman–Crippen LogP) is 2.07. The fraction of sp³-hybridized carbons (Fsp3) is 0.312. The highest BCUT2D eigenvalue weighted by Crippen LogP contribution is 2.38. The first-order valence-electron chi connectivity index (χ1n) is 7.06. The molecule has 108 valence electrons. The van der Waals surface area contributed by atoms with Crippen molar-refractivity contribution in [2.45, 2.75) is 32.2 Å². The molecule has 1 aliphatic carbocycles. The molecular weight excluding hydrogens is 266 g/mol. The molecule has 0 spiro atoms. The molecular formula is C16H17N3O2. The number of aryl methyl sites for hydroxylation is 1. The zero-order valence-electron chi connectivity index (χ0n) is 11.9. The van der Waals surface area contributed by atoms with E-state index >= 15 is 0 Å². The number of hydrogen-bond donors (Lipinski definition) is 1. The molecule has 1 aromatic heterocycles. The van der Waals surface area contributed by atoms with Crippen LogP contribution in [-0.4, -0.2) is 15.7 Å². The second-order valence-corrected chi connectivity index (χ2v) is 5.45. The van der Waals surface area contributed by atoms with Crippen LogP contribution in [0.4, 0.5) is 5.69 Å². The van der Waals surface area contributed by atoms with Gasteiger partial charge < -0.3 is 5.32 Å². The van der Waals surface area contributed by atoms with Gasteiger partial charge in [0.1, 0.15) is 6.54 Å². The maximum absolute atomic E-state index is 12.0. The molecule has 5 heteroatoms. The van der Waals surface area contributed by atoms with Crippen molar-refractivity contribution >= 4 is 11.6 Å². The molecule has 0 aliphatic heterocycles. The van der Waals surface area contributed by atoms with Crippen molar-refractivity contribution in [2.75, 3.05) is 5.32 Å². The van der Waals surface area contributed by atoms with Crippen LogP contribution < -0.4 is 10.9 Å². The van der Waals surface area contributed by atoms with Gasteiger partial charge in [0.05, 0.1) is 5.69 Å². The van der Waals surface area contributed by atoms with Crippen molar-refractivity contribution in [1.82, 2.24) is 9.78 Å². The van der Waals surface area contributed by atoms with Crippen molar-refractivity contribution < 1.29 is 4.79 Å². The lowest BCUT2D eigenvalue weighted by atomic mass is 10.2. The summed E-state index contributed by atoms with van der Waals surface area (Å²) >= 11 is 0. The first-order chi connectivity index (χ1) is 10.1. The van der Waals surface area contributed by atoms with E-state index in [1.807, 2.05) is 31.2 Å². The molecule has 1 N–H and O–H groups in total. The van der Waals surface area contributed by atoms with Gasteiger partial charge in [-0.15, -0.1) is 0 Å². The molecule has 1 aliphatic rings. The molecule has 21 heavy (non-hydrogen) atoms. The Balaban J connectivity index is 1.72. The first kappa shape index (κ1) is 13.5. The molecule has 2 aromatic rings. The number of benzene rings is 1. The van der Waals surface area contributed by atoms with Crippen LogP contribution in [0.5, 0.6) is 0 Å². The van der Waals surface area contributed by atoms with E-state index in [0.717, 1.165) is 29.8 Å². The molecule has 1 saturated carbocycles. The molecule has 0 bridgehead atoms.